The maximum Gasteiger partial charge on any atom is 0.498 e. The van der Waals surface area contributed by atoms with Gasteiger partial charge in [0.1, 0.15) is 6.04 Å². The minimum atomic E-state index is -0.893. The van der Waals surface area contributed by atoms with E-state index < -0.39 is 30.3 Å². The molecule has 3 rings (SSSR count). The van der Waals surface area contributed by atoms with Gasteiger partial charge in [0.15, 0.2) is 0 Å². The molecule has 0 aliphatic carbocycles. The molecule has 0 spiro atoms. The molecule has 3 N–H and O–H groups in total. The van der Waals surface area contributed by atoms with Gasteiger partial charge in [0.25, 0.3) is 0 Å². The summed E-state index contributed by atoms with van der Waals surface area (Å²) in [5.41, 5.74) is 5.42. The van der Waals surface area contributed by atoms with Crippen LogP contribution in [0.1, 0.15) is 27.7 Å². The van der Waals surface area contributed by atoms with Gasteiger partial charge in [0, 0.05) is 50.6 Å². The minimum Gasteiger partial charge on any atom is -0.480 e. The highest BCUT2D eigenvalue weighted by atomic mass is 16.7. The first-order valence-corrected chi connectivity index (χ1v) is 9.24. The zero-order valence-corrected chi connectivity index (χ0v) is 16.4. The summed E-state index contributed by atoms with van der Waals surface area (Å²) in [5.74, 6) is -0.495. The lowest BCUT2D eigenvalue weighted by Gasteiger charge is -2.39. The van der Waals surface area contributed by atoms with E-state index in [1.807, 2.05) is 32.6 Å². The van der Waals surface area contributed by atoms with E-state index in [0.29, 0.717) is 37.6 Å². The fraction of sp³-hybridized carbons (Fsp3) is 0.706. The fourth-order valence-corrected chi connectivity index (χ4v) is 3.26. The Morgan fingerprint density at radius 3 is 2.37 bits per heavy atom. The van der Waals surface area contributed by atoms with E-state index in [2.05, 4.69) is 9.97 Å². The second kappa shape index (κ2) is 7.35. The topological polar surface area (TPSA) is 114 Å². The second-order valence-corrected chi connectivity index (χ2v) is 8.04. The molecule has 0 aromatic carbocycles. The van der Waals surface area contributed by atoms with E-state index in [4.69, 9.17) is 15.0 Å². The molecule has 2 aliphatic rings. The summed E-state index contributed by atoms with van der Waals surface area (Å²) in [6.07, 6.45) is 3.30. The second-order valence-electron chi connectivity index (χ2n) is 8.04. The van der Waals surface area contributed by atoms with Gasteiger partial charge in [-0.1, -0.05) is 0 Å². The van der Waals surface area contributed by atoms with Crippen LogP contribution in [0.5, 0.6) is 0 Å². The molecule has 0 radical (unpaired) electrons. The van der Waals surface area contributed by atoms with E-state index in [9.17, 15) is 9.90 Å². The van der Waals surface area contributed by atoms with Crippen molar-refractivity contribution in [3.05, 3.63) is 12.4 Å². The molecule has 10 heteroatoms. The van der Waals surface area contributed by atoms with Gasteiger partial charge in [-0.25, -0.2) is 14.8 Å². The molecular weight excluding hydrogens is 349 g/mol. The van der Waals surface area contributed by atoms with E-state index in [1.165, 1.54) is 0 Å². The third-order valence-electron chi connectivity index (χ3n) is 5.64. The van der Waals surface area contributed by atoms with Gasteiger partial charge in [0.05, 0.1) is 11.2 Å². The Labute approximate surface area is 160 Å². The summed E-state index contributed by atoms with van der Waals surface area (Å²) in [5, 5.41) is 9.60. The normalized spacial score (nSPS) is 25.0. The standard InChI is InChI=1S/C17H28BN5O4/c1-16(2)17(3,4)27-18(26-16)12-9-20-15(21-10-12)23-8-7-22(6-5-19)11-13(23)14(24)25/h9-10,13H,5-8,11,19H2,1-4H3,(H,24,25). The summed E-state index contributed by atoms with van der Waals surface area (Å²) in [7, 11) is -0.541. The van der Waals surface area contributed by atoms with Gasteiger partial charge in [-0.15, -0.1) is 0 Å². The van der Waals surface area contributed by atoms with Crippen LogP contribution in [0, 0.1) is 0 Å². The number of carboxylic acid groups (broad SMARTS) is 1. The summed E-state index contributed by atoms with van der Waals surface area (Å²) in [6, 6.07) is -0.701. The SMILES string of the molecule is CC1(C)OB(c2cnc(N3CCN(CCN)CC3C(=O)O)nc2)OC1(C)C. The molecule has 9 nitrogen and oxygen atoms in total. The molecule has 2 saturated heterocycles. The summed E-state index contributed by atoms with van der Waals surface area (Å²) in [4.78, 5) is 24.3. The average Bonchev–Trinajstić information content (AvgIpc) is 2.83. The third kappa shape index (κ3) is 3.93. The van der Waals surface area contributed by atoms with Crippen LogP contribution in [-0.4, -0.2) is 83.0 Å². The van der Waals surface area contributed by atoms with Gasteiger partial charge >= 0.3 is 13.1 Å². The van der Waals surface area contributed by atoms with Crippen molar-refractivity contribution in [3.8, 4) is 0 Å². The Morgan fingerprint density at radius 1 is 1.26 bits per heavy atom. The Balaban J connectivity index is 1.74. The molecule has 0 bridgehead atoms. The third-order valence-corrected chi connectivity index (χ3v) is 5.64. The van der Waals surface area contributed by atoms with Crippen molar-refractivity contribution < 1.29 is 19.2 Å². The monoisotopic (exact) mass is 377 g/mol. The Bertz CT molecular complexity index is 668. The summed E-state index contributed by atoms with van der Waals surface area (Å²) < 4.78 is 12.0. The molecule has 3 heterocycles. The molecular formula is C17H28BN5O4. The lowest BCUT2D eigenvalue weighted by molar-refractivity contribution is -0.139. The summed E-state index contributed by atoms with van der Waals surface area (Å²) in [6.45, 7) is 10.8. The van der Waals surface area contributed by atoms with Crippen molar-refractivity contribution in [3.63, 3.8) is 0 Å². The number of piperazine rings is 1. The van der Waals surface area contributed by atoms with Crippen LogP contribution >= 0.6 is 0 Å². The van der Waals surface area contributed by atoms with E-state index in [0.717, 1.165) is 6.54 Å². The van der Waals surface area contributed by atoms with Crippen LogP contribution in [0.3, 0.4) is 0 Å². The molecule has 148 valence electrons. The molecule has 1 unspecified atom stereocenters. The van der Waals surface area contributed by atoms with Gasteiger partial charge in [-0.2, -0.15) is 0 Å². The lowest BCUT2D eigenvalue weighted by Crippen LogP contribution is -2.57. The summed E-state index contributed by atoms with van der Waals surface area (Å²) >= 11 is 0. The molecule has 2 fully saturated rings. The quantitative estimate of drug-likeness (QED) is 0.644. The number of carboxylic acids is 1. The highest BCUT2D eigenvalue weighted by Crippen LogP contribution is 2.36. The first kappa shape index (κ1) is 20.0. The maximum absolute atomic E-state index is 11.7. The highest BCUT2D eigenvalue weighted by Gasteiger charge is 2.52. The Hall–Kier alpha value is -1.75. The Kier molecular flexibility index (Phi) is 5.44. The number of hydrogen-bond donors (Lipinski definition) is 2. The molecule has 1 aromatic heterocycles. The Morgan fingerprint density at radius 2 is 1.85 bits per heavy atom. The average molecular weight is 377 g/mol. The molecule has 1 atom stereocenters. The molecule has 0 amide bonds. The number of aliphatic carboxylic acids is 1. The van der Waals surface area contributed by atoms with Crippen LogP contribution < -0.4 is 16.1 Å². The lowest BCUT2D eigenvalue weighted by atomic mass is 9.81. The van der Waals surface area contributed by atoms with Crippen LogP contribution in [-0.2, 0) is 14.1 Å². The predicted octanol–water partition coefficient (Wildman–Crippen LogP) is -0.690. The fourth-order valence-electron chi connectivity index (χ4n) is 3.26. The van der Waals surface area contributed by atoms with E-state index in [1.54, 1.807) is 17.3 Å². The molecule has 0 saturated carbocycles. The van der Waals surface area contributed by atoms with Gasteiger partial charge in [0.2, 0.25) is 5.95 Å². The number of carbonyl (C=O) groups is 1. The van der Waals surface area contributed by atoms with Crippen molar-refractivity contribution in [2.24, 2.45) is 5.73 Å². The van der Waals surface area contributed by atoms with Crippen LogP contribution in [0.2, 0.25) is 0 Å². The van der Waals surface area contributed by atoms with Gasteiger partial charge in [-0.05, 0) is 27.7 Å². The first-order chi connectivity index (χ1) is 12.6. The zero-order chi connectivity index (χ0) is 19.8. The number of aromatic nitrogens is 2. The van der Waals surface area contributed by atoms with E-state index in [-0.39, 0.29) is 0 Å². The van der Waals surface area contributed by atoms with Crippen molar-refractivity contribution in [1.29, 1.82) is 0 Å². The van der Waals surface area contributed by atoms with Gasteiger partial charge < -0.3 is 25.0 Å². The number of nitrogens with zero attached hydrogens (tertiary/aromatic N) is 4. The van der Waals surface area contributed by atoms with Crippen molar-refractivity contribution in [1.82, 2.24) is 14.9 Å². The smallest absolute Gasteiger partial charge is 0.480 e. The molecule has 27 heavy (non-hydrogen) atoms. The number of rotatable bonds is 5. The van der Waals surface area contributed by atoms with Crippen LogP contribution in [0.25, 0.3) is 0 Å². The first-order valence-electron chi connectivity index (χ1n) is 9.24. The highest BCUT2D eigenvalue weighted by molar-refractivity contribution is 6.61. The largest absolute Gasteiger partial charge is 0.498 e. The number of nitrogens with two attached hydrogens (primary N) is 1. The zero-order valence-electron chi connectivity index (χ0n) is 16.4. The van der Waals surface area contributed by atoms with Crippen molar-refractivity contribution in [2.75, 3.05) is 37.6 Å². The van der Waals surface area contributed by atoms with Crippen molar-refractivity contribution >= 4 is 24.5 Å². The number of anilines is 1. The van der Waals surface area contributed by atoms with Crippen molar-refractivity contribution in [2.45, 2.75) is 44.9 Å². The van der Waals surface area contributed by atoms with Gasteiger partial charge in [-0.3, -0.25) is 4.90 Å². The van der Waals surface area contributed by atoms with Crippen LogP contribution in [0.15, 0.2) is 12.4 Å². The molecule has 1 aromatic rings. The van der Waals surface area contributed by atoms with E-state index >= 15 is 0 Å². The minimum absolute atomic E-state index is 0.398. The number of hydrogen-bond acceptors (Lipinski definition) is 8. The maximum atomic E-state index is 11.7. The van der Waals surface area contributed by atoms with Crippen LogP contribution in [0.4, 0.5) is 5.95 Å². The predicted molar refractivity (Wildman–Crippen MR) is 102 cm³/mol. The molecule has 2 aliphatic heterocycles.